The average molecular weight is 477 g/mol. The van der Waals surface area contributed by atoms with Crippen LogP contribution in [0.25, 0.3) is 11.0 Å². The van der Waals surface area contributed by atoms with Crippen LogP contribution in [0, 0.1) is 10.5 Å². The maximum absolute atomic E-state index is 12.8. The number of halogens is 2. The van der Waals surface area contributed by atoms with Gasteiger partial charge in [-0.05, 0) is 69.7 Å². The molecule has 0 fully saturated rings. The Kier molecular flexibility index (Phi) is 3.83. The van der Waals surface area contributed by atoms with Crippen LogP contribution in [0.5, 0.6) is 0 Å². The van der Waals surface area contributed by atoms with Crippen LogP contribution in [0.1, 0.15) is 5.56 Å². The third-order valence-electron chi connectivity index (χ3n) is 3.11. The molecule has 0 spiro atoms. The molecular weight excluding hydrogens is 467 g/mol. The van der Waals surface area contributed by atoms with Gasteiger partial charge in [-0.15, -0.1) is 0 Å². The van der Waals surface area contributed by atoms with E-state index >= 15 is 0 Å². The second kappa shape index (κ2) is 5.36. The first-order valence-corrected chi connectivity index (χ1v) is 9.36. The number of aryl methyl sites for hydroxylation is 1. The molecule has 7 heteroatoms. The lowest BCUT2D eigenvalue weighted by Gasteiger charge is -2.07. The van der Waals surface area contributed by atoms with Gasteiger partial charge in [-0.1, -0.05) is 17.7 Å². The van der Waals surface area contributed by atoms with Crippen LogP contribution in [-0.4, -0.2) is 17.4 Å². The molecule has 3 aromatic rings. The van der Waals surface area contributed by atoms with Crippen molar-refractivity contribution in [1.82, 2.24) is 8.96 Å². The van der Waals surface area contributed by atoms with Crippen LogP contribution in [-0.2, 0) is 10.0 Å². The second-order valence-corrected chi connectivity index (χ2v) is 8.38. The Bertz CT molecular complexity index is 934. The molecule has 1 aromatic carbocycles. The smallest absolute Gasteiger partial charge is 0.238 e. The lowest BCUT2D eigenvalue weighted by molar-refractivity contribution is 0.589. The van der Waals surface area contributed by atoms with Crippen molar-refractivity contribution in [2.24, 2.45) is 0 Å². The van der Waals surface area contributed by atoms with E-state index in [4.69, 9.17) is 0 Å². The minimum Gasteiger partial charge on any atom is -0.238 e. The Labute approximate surface area is 144 Å². The van der Waals surface area contributed by atoms with Crippen LogP contribution in [0.3, 0.4) is 0 Å². The van der Waals surface area contributed by atoms with Gasteiger partial charge in [0.2, 0.25) is 0 Å². The number of pyridine rings is 1. The Hall–Kier alpha value is -0.930. The van der Waals surface area contributed by atoms with Crippen molar-refractivity contribution < 1.29 is 8.42 Å². The van der Waals surface area contributed by atoms with Crippen molar-refractivity contribution in [3.8, 4) is 0 Å². The summed E-state index contributed by atoms with van der Waals surface area (Å²) in [5.74, 6) is 0. The molecule has 0 saturated heterocycles. The molecule has 3 rings (SSSR count). The fourth-order valence-electron chi connectivity index (χ4n) is 2.04. The number of hydrogen-bond donors (Lipinski definition) is 0. The summed E-state index contributed by atoms with van der Waals surface area (Å²) in [4.78, 5) is 4.61. The normalized spacial score (nSPS) is 12.0. The molecule has 0 unspecified atom stereocenters. The van der Waals surface area contributed by atoms with E-state index in [9.17, 15) is 8.42 Å². The first-order chi connectivity index (χ1) is 9.89. The van der Waals surface area contributed by atoms with E-state index in [1.165, 1.54) is 3.97 Å². The molecular formula is C14H10BrIN2O2S. The standard InChI is InChI=1S/C14H10BrIN2O2S/c1-9-2-4-10(5-3-9)21(19,20)18-8-11(16)14-12(18)6-7-13(15)17-14/h2-8H,1H3. The Balaban J connectivity index is 2.26. The number of benzene rings is 1. The van der Waals surface area contributed by atoms with Crippen molar-refractivity contribution in [3.63, 3.8) is 0 Å². The van der Waals surface area contributed by atoms with Gasteiger partial charge in [0.25, 0.3) is 10.0 Å². The summed E-state index contributed by atoms with van der Waals surface area (Å²) in [6.45, 7) is 1.92. The van der Waals surface area contributed by atoms with Gasteiger partial charge < -0.3 is 0 Å². The molecule has 0 amide bonds. The summed E-state index contributed by atoms with van der Waals surface area (Å²) in [6, 6.07) is 10.3. The highest BCUT2D eigenvalue weighted by Gasteiger charge is 2.21. The van der Waals surface area contributed by atoms with Gasteiger partial charge in [-0.25, -0.2) is 17.4 Å². The summed E-state index contributed by atoms with van der Waals surface area (Å²) in [5.41, 5.74) is 2.26. The number of fused-ring (bicyclic) bond motifs is 1. The van der Waals surface area contributed by atoms with Gasteiger partial charge in [0.05, 0.1) is 14.0 Å². The fourth-order valence-corrected chi connectivity index (χ4v) is 4.57. The van der Waals surface area contributed by atoms with Crippen molar-refractivity contribution in [2.75, 3.05) is 0 Å². The molecule has 0 radical (unpaired) electrons. The summed E-state index contributed by atoms with van der Waals surface area (Å²) in [7, 11) is -3.62. The van der Waals surface area contributed by atoms with Gasteiger partial charge in [0.15, 0.2) is 0 Å². The van der Waals surface area contributed by atoms with Crippen LogP contribution in [0.15, 0.2) is 52.1 Å². The zero-order valence-corrected chi connectivity index (χ0v) is 15.5. The first kappa shape index (κ1) is 15.0. The van der Waals surface area contributed by atoms with E-state index in [2.05, 4.69) is 43.5 Å². The highest BCUT2D eigenvalue weighted by molar-refractivity contribution is 14.1. The Morgan fingerprint density at radius 3 is 2.48 bits per heavy atom. The summed E-state index contributed by atoms with van der Waals surface area (Å²) >= 11 is 5.40. The van der Waals surface area contributed by atoms with E-state index in [1.54, 1.807) is 42.6 Å². The third kappa shape index (κ3) is 2.62. The molecule has 0 aliphatic carbocycles. The SMILES string of the molecule is Cc1ccc(S(=O)(=O)n2cc(I)c3nc(Br)ccc32)cc1. The van der Waals surface area contributed by atoms with Crippen molar-refractivity contribution >= 4 is 59.6 Å². The predicted molar refractivity (Wildman–Crippen MR) is 93.9 cm³/mol. The highest BCUT2D eigenvalue weighted by Crippen LogP contribution is 2.27. The zero-order valence-electron chi connectivity index (χ0n) is 10.9. The average Bonchev–Trinajstić information content (AvgIpc) is 2.77. The van der Waals surface area contributed by atoms with Gasteiger partial charge in [0.1, 0.15) is 10.1 Å². The molecule has 0 aliphatic heterocycles. The number of rotatable bonds is 2. The van der Waals surface area contributed by atoms with Crippen LogP contribution in [0.2, 0.25) is 0 Å². The highest BCUT2D eigenvalue weighted by atomic mass is 127. The second-order valence-electron chi connectivity index (χ2n) is 4.59. The van der Waals surface area contributed by atoms with Gasteiger partial charge in [-0.3, -0.25) is 0 Å². The molecule has 0 bridgehead atoms. The lowest BCUT2D eigenvalue weighted by atomic mass is 10.2. The first-order valence-electron chi connectivity index (χ1n) is 6.05. The zero-order chi connectivity index (χ0) is 15.2. The minimum absolute atomic E-state index is 0.268. The quantitative estimate of drug-likeness (QED) is 0.415. The summed E-state index contributed by atoms with van der Waals surface area (Å²) < 4.78 is 28.3. The maximum atomic E-state index is 12.8. The van der Waals surface area contributed by atoms with Crippen LogP contribution < -0.4 is 0 Å². The molecule has 2 heterocycles. The molecule has 0 N–H and O–H groups in total. The van der Waals surface area contributed by atoms with Crippen LogP contribution >= 0.6 is 38.5 Å². The molecule has 4 nitrogen and oxygen atoms in total. The van der Waals surface area contributed by atoms with E-state index in [1.807, 2.05) is 6.92 Å². The molecule has 2 aromatic heterocycles. The monoisotopic (exact) mass is 476 g/mol. The van der Waals surface area contributed by atoms with Gasteiger partial charge >= 0.3 is 0 Å². The Morgan fingerprint density at radius 1 is 1.14 bits per heavy atom. The molecule has 0 saturated carbocycles. The maximum Gasteiger partial charge on any atom is 0.268 e. The van der Waals surface area contributed by atoms with E-state index < -0.39 is 10.0 Å². The van der Waals surface area contributed by atoms with Crippen LogP contribution in [0.4, 0.5) is 0 Å². The minimum atomic E-state index is -3.62. The number of aromatic nitrogens is 2. The largest absolute Gasteiger partial charge is 0.268 e. The van der Waals surface area contributed by atoms with E-state index in [0.29, 0.717) is 15.6 Å². The molecule has 21 heavy (non-hydrogen) atoms. The van der Waals surface area contributed by atoms with Crippen molar-refractivity contribution in [3.05, 3.63) is 56.3 Å². The van der Waals surface area contributed by atoms with Gasteiger partial charge in [-0.2, -0.15) is 0 Å². The fraction of sp³-hybridized carbons (Fsp3) is 0.0714. The molecule has 108 valence electrons. The van der Waals surface area contributed by atoms with Crippen molar-refractivity contribution in [2.45, 2.75) is 11.8 Å². The number of hydrogen-bond acceptors (Lipinski definition) is 3. The lowest BCUT2D eigenvalue weighted by Crippen LogP contribution is -2.11. The topological polar surface area (TPSA) is 52.0 Å². The number of nitrogens with zero attached hydrogens (tertiary/aromatic N) is 2. The third-order valence-corrected chi connectivity index (χ3v) is 6.03. The van der Waals surface area contributed by atoms with Crippen molar-refractivity contribution in [1.29, 1.82) is 0 Å². The van der Waals surface area contributed by atoms with E-state index in [0.717, 1.165) is 9.13 Å². The van der Waals surface area contributed by atoms with Gasteiger partial charge in [0, 0.05) is 6.20 Å². The molecule has 0 aliphatic rings. The van der Waals surface area contributed by atoms with E-state index in [-0.39, 0.29) is 4.90 Å². The summed E-state index contributed by atoms with van der Waals surface area (Å²) in [5, 5.41) is 0. The summed E-state index contributed by atoms with van der Waals surface area (Å²) in [6.07, 6.45) is 1.60. The molecule has 0 atom stereocenters. The predicted octanol–water partition coefficient (Wildman–Crippen LogP) is 3.95. The Morgan fingerprint density at radius 2 is 1.81 bits per heavy atom.